The minimum Gasteiger partial charge on any atom is -0.398 e. The molecule has 0 spiro atoms. The maximum Gasteiger partial charge on any atom is 0.267 e. The molecule has 122 valence electrons. The number of carbonyl (C=O) groups is 1. The van der Waals surface area contributed by atoms with E-state index < -0.39 is 5.91 Å². The number of anilines is 2. The molecule has 0 fully saturated rings. The molecule has 24 heavy (non-hydrogen) atoms. The van der Waals surface area contributed by atoms with Gasteiger partial charge in [-0.25, -0.2) is 4.39 Å². The number of amides is 1. The monoisotopic (exact) mass is 344 g/mol. The first-order valence-corrected chi connectivity index (χ1v) is 7.32. The number of nitrogens with one attached hydrogen (secondary N) is 2. The smallest absolute Gasteiger partial charge is 0.267 e. The van der Waals surface area contributed by atoms with Crippen molar-refractivity contribution in [2.24, 2.45) is 0 Å². The van der Waals surface area contributed by atoms with Crippen LogP contribution in [0.1, 0.15) is 5.56 Å². The number of benzene rings is 2. The zero-order valence-corrected chi connectivity index (χ0v) is 13.3. The van der Waals surface area contributed by atoms with Crippen LogP contribution in [0.25, 0.3) is 0 Å². The fourth-order valence-corrected chi connectivity index (χ4v) is 2.05. The molecule has 0 aliphatic rings. The predicted molar refractivity (Wildman–Crippen MR) is 91.4 cm³/mol. The maximum absolute atomic E-state index is 13.1. The topological polar surface area (TPSA) is 90.9 Å². The first kappa shape index (κ1) is 17.3. The lowest BCUT2D eigenvalue weighted by molar-refractivity contribution is -0.112. The van der Waals surface area contributed by atoms with Gasteiger partial charge in [-0.15, -0.1) is 0 Å². The van der Waals surface area contributed by atoms with Crippen LogP contribution in [0.3, 0.4) is 0 Å². The van der Waals surface area contributed by atoms with Crippen molar-refractivity contribution in [1.82, 2.24) is 5.32 Å². The predicted octanol–water partition coefficient (Wildman–Crippen LogP) is 3.20. The van der Waals surface area contributed by atoms with Gasteiger partial charge in [0.05, 0.1) is 10.7 Å². The fourth-order valence-electron chi connectivity index (χ4n) is 1.87. The van der Waals surface area contributed by atoms with Gasteiger partial charge in [-0.2, -0.15) is 5.26 Å². The molecule has 0 bridgehead atoms. The van der Waals surface area contributed by atoms with Gasteiger partial charge in [-0.05, 0) is 35.9 Å². The summed E-state index contributed by atoms with van der Waals surface area (Å²) >= 11 is 5.88. The molecule has 2 rings (SSSR count). The fraction of sp³-hybridized carbons (Fsp3) is 0.0588. The Morgan fingerprint density at radius 2 is 2.12 bits per heavy atom. The van der Waals surface area contributed by atoms with Crippen molar-refractivity contribution < 1.29 is 9.18 Å². The second-order valence-corrected chi connectivity index (χ2v) is 5.28. The van der Waals surface area contributed by atoms with Crippen LogP contribution in [0.5, 0.6) is 0 Å². The van der Waals surface area contributed by atoms with Crippen LogP contribution in [-0.4, -0.2) is 5.91 Å². The molecule has 0 saturated heterocycles. The highest BCUT2D eigenvalue weighted by Crippen LogP contribution is 2.22. The molecule has 1 amide bonds. The molecule has 7 heteroatoms. The number of nitrogen functional groups attached to an aromatic ring is 1. The van der Waals surface area contributed by atoms with E-state index in [0.717, 1.165) is 0 Å². The molecule has 4 N–H and O–H groups in total. The van der Waals surface area contributed by atoms with Gasteiger partial charge in [-0.3, -0.25) is 4.79 Å². The lowest BCUT2D eigenvalue weighted by atomic mass is 10.2. The number of hydrogen-bond donors (Lipinski definition) is 3. The van der Waals surface area contributed by atoms with E-state index in [-0.39, 0.29) is 17.9 Å². The minimum absolute atomic E-state index is 0.126. The molecule has 0 aliphatic carbocycles. The van der Waals surface area contributed by atoms with Gasteiger partial charge in [0.1, 0.15) is 17.5 Å². The third-order valence-corrected chi connectivity index (χ3v) is 3.39. The zero-order valence-electron chi connectivity index (χ0n) is 12.5. The second kappa shape index (κ2) is 7.99. The zero-order chi connectivity index (χ0) is 17.5. The Morgan fingerprint density at radius 3 is 2.79 bits per heavy atom. The number of carbonyl (C=O) groups excluding carboxylic acids is 1. The first-order chi connectivity index (χ1) is 11.5. The van der Waals surface area contributed by atoms with Crippen molar-refractivity contribution in [3.8, 4) is 6.07 Å². The van der Waals surface area contributed by atoms with E-state index in [1.807, 2.05) is 0 Å². The summed E-state index contributed by atoms with van der Waals surface area (Å²) in [5.41, 5.74) is 6.97. The van der Waals surface area contributed by atoms with Crippen molar-refractivity contribution in [1.29, 1.82) is 5.26 Å². The van der Waals surface area contributed by atoms with Crippen molar-refractivity contribution in [3.63, 3.8) is 0 Å². The number of halogens is 2. The van der Waals surface area contributed by atoms with Crippen molar-refractivity contribution in [2.45, 2.75) is 6.54 Å². The number of nitrogens with two attached hydrogens (primary N) is 1. The summed E-state index contributed by atoms with van der Waals surface area (Å²) < 4.78 is 13.1. The van der Waals surface area contributed by atoms with Gasteiger partial charge >= 0.3 is 0 Å². The lowest BCUT2D eigenvalue weighted by Crippen LogP contribution is -2.16. The number of nitrogens with zero attached hydrogens (tertiary/aromatic N) is 1. The quantitative estimate of drug-likeness (QED) is 0.441. The molecule has 0 unspecified atom stereocenters. The minimum atomic E-state index is -0.593. The molecule has 0 aliphatic heterocycles. The summed E-state index contributed by atoms with van der Waals surface area (Å²) in [6.45, 7) is 0.282. The average Bonchev–Trinajstić information content (AvgIpc) is 2.55. The molecule has 0 radical (unpaired) electrons. The van der Waals surface area contributed by atoms with E-state index >= 15 is 0 Å². The van der Waals surface area contributed by atoms with Gasteiger partial charge in [0.15, 0.2) is 0 Å². The SMILES string of the molecule is N#C/C(=C/NCc1cccc(F)c1)C(=O)Nc1ccc(N)c(Cl)c1. The highest BCUT2D eigenvalue weighted by molar-refractivity contribution is 6.33. The van der Waals surface area contributed by atoms with Gasteiger partial charge < -0.3 is 16.4 Å². The summed E-state index contributed by atoms with van der Waals surface area (Å²) in [6.07, 6.45) is 1.28. The molecular formula is C17H14ClFN4O. The van der Waals surface area contributed by atoms with Gasteiger partial charge in [-0.1, -0.05) is 23.7 Å². The molecule has 2 aromatic carbocycles. The largest absolute Gasteiger partial charge is 0.398 e. The van der Waals surface area contributed by atoms with E-state index in [2.05, 4.69) is 10.6 Å². The number of nitriles is 1. The third-order valence-electron chi connectivity index (χ3n) is 3.07. The third kappa shape index (κ3) is 4.73. The molecule has 2 aromatic rings. The Kier molecular flexibility index (Phi) is 5.77. The highest BCUT2D eigenvalue weighted by Gasteiger charge is 2.10. The Morgan fingerprint density at radius 1 is 1.33 bits per heavy atom. The molecule has 0 saturated carbocycles. The van der Waals surface area contributed by atoms with E-state index in [0.29, 0.717) is 22.0 Å². The van der Waals surface area contributed by atoms with Crippen LogP contribution in [0, 0.1) is 17.1 Å². The van der Waals surface area contributed by atoms with E-state index in [1.165, 1.54) is 24.4 Å². The molecule has 5 nitrogen and oxygen atoms in total. The van der Waals surface area contributed by atoms with Gasteiger partial charge in [0.25, 0.3) is 5.91 Å². The van der Waals surface area contributed by atoms with Gasteiger partial charge in [0.2, 0.25) is 0 Å². The van der Waals surface area contributed by atoms with Crippen LogP contribution in [0.2, 0.25) is 5.02 Å². The Bertz CT molecular complexity index is 830. The molecule has 0 atom stereocenters. The summed E-state index contributed by atoms with van der Waals surface area (Å²) in [5, 5.41) is 14.8. The van der Waals surface area contributed by atoms with Crippen LogP contribution < -0.4 is 16.4 Å². The first-order valence-electron chi connectivity index (χ1n) is 6.94. The molecule has 0 aromatic heterocycles. The van der Waals surface area contributed by atoms with Gasteiger partial charge in [0, 0.05) is 18.4 Å². The lowest BCUT2D eigenvalue weighted by Gasteiger charge is -2.07. The maximum atomic E-state index is 13.1. The van der Waals surface area contributed by atoms with E-state index in [9.17, 15) is 9.18 Å². The summed E-state index contributed by atoms with van der Waals surface area (Å²) in [6, 6.07) is 12.4. The standard InChI is InChI=1S/C17H14ClFN4O/c18-15-7-14(4-5-16(15)21)23-17(24)12(8-20)10-22-9-11-2-1-3-13(19)6-11/h1-7,10,22H,9,21H2,(H,23,24)/b12-10-. The van der Waals surface area contributed by atoms with Crippen LogP contribution in [-0.2, 0) is 11.3 Å². The Balaban J connectivity index is 2.00. The van der Waals surface area contributed by atoms with Crippen molar-refractivity contribution in [3.05, 3.63) is 70.6 Å². The van der Waals surface area contributed by atoms with Crippen LogP contribution in [0.15, 0.2) is 54.2 Å². The Hall–Kier alpha value is -3.04. The number of rotatable bonds is 5. The van der Waals surface area contributed by atoms with Crippen LogP contribution >= 0.6 is 11.6 Å². The molecule has 0 heterocycles. The summed E-state index contributed by atoms with van der Waals surface area (Å²) in [4.78, 5) is 12.1. The van der Waals surface area contributed by atoms with Crippen molar-refractivity contribution >= 4 is 28.9 Å². The Labute approximate surface area is 143 Å². The van der Waals surface area contributed by atoms with E-state index in [1.54, 1.807) is 30.3 Å². The average molecular weight is 345 g/mol. The summed E-state index contributed by atoms with van der Waals surface area (Å²) in [7, 11) is 0. The molecular weight excluding hydrogens is 331 g/mol. The van der Waals surface area contributed by atoms with E-state index in [4.69, 9.17) is 22.6 Å². The highest BCUT2D eigenvalue weighted by atomic mass is 35.5. The van der Waals surface area contributed by atoms with Crippen LogP contribution in [0.4, 0.5) is 15.8 Å². The second-order valence-electron chi connectivity index (χ2n) is 4.87. The normalized spacial score (nSPS) is 10.8. The number of hydrogen-bond acceptors (Lipinski definition) is 4. The summed E-state index contributed by atoms with van der Waals surface area (Å²) in [5.74, 6) is -0.943. The van der Waals surface area contributed by atoms with Crippen molar-refractivity contribution in [2.75, 3.05) is 11.1 Å².